The Balaban J connectivity index is -0.0000000676. The van der Waals surface area contributed by atoms with Crippen molar-refractivity contribution < 1.29 is 16.8 Å². The van der Waals surface area contributed by atoms with E-state index in [-0.39, 0.29) is 52.0 Å². The first-order valence-electron chi connectivity index (χ1n) is 8.91. The van der Waals surface area contributed by atoms with Gasteiger partial charge >= 0.3 is 16.8 Å². The molecular weight excluding hydrogens is 424 g/mol. The first-order valence-corrected chi connectivity index (χ1v) is 20.9. The molecule has 2 rings (SSSR count). The summed E-state index contributed by atoms with van der Waals surface area (Å²) in [6, 6.07) is 10.0. The zero-order valence-corrected chi connectivity index (χ0v) is 24.5. The second-order valence-corrected chi connectivity index (χ2v) is 19.7. The molecule has 0 aromatic heterocycles. The van der Waals surface area contributed by atoms with E-state index in [0.29, 0.717) is 0 Å². The fraction of sp³-hybridized carbons (Fsp3) is 0.571. The van der Waals surface area contributed by atoms with Crippen molar-refractivity contribution in [2.24, 2.45) is 0 Å². The van der Waals surface area contributed by atoms with Crippen LogP contribution >= 0.6 is 0 Å². The minimum Gasteiger partial charge on any atom is -0.214 e. The normalized spacial score (nSPS) is 9.54. The van der Waals surface area contributed by atoms with Gasteiger partial charge in [0.15, 0.2) is 0 Å². The topological polar surface area (TPSA) is 0 Å². The van der Waals surface area contributed by atoms with Crippen LogP contribution in [0.5, 0.6) is 0 Å². The number of hydrogen-bond acceptors (Lipinski definition) is 0. The van der Waals surface area contributed by atoms with Crippen molar-refractivity contribution in [3.05, 3.63) is 54.6 Å². The molecule has 0 atom stereocenters. The SMILES string of the molecule is C[Si](C)C.C[Si](C)C.C[Si](C)C.C[Si](C)C.[C-]1=CC=C1.[Co+2].c1cc[cH-]c1. The van der Waals surface area contributed by atoms with E-state index < -0.39 is 0 Å². The molecule has 0 aliphatic heterocycles. The van der Waals surface area contributed by atoms with Crippen LogP contribution in [0.25, 0.3) is 0 Å². The molecule has 1 aromatic rings. The molecule has 0 saturated heterocycles. The summed E-state index contributed by atoms with van der Waals surface area (Å²) in [6.45, 7) is 27.2. The van der Waals surface area contributed by atoms with Gasteiger partial charge in [-0.2, -0.15) is 42.5 Å². The summed E-state index contributed by atoms with van der Waals surface area (Å²) in [4.78, 5) is 0. The van der Waals surface area contributed by atoms with Crippen LogP contribution < -0.4 is 0 Å². The maximum Gasteiger partial charge on any atom is 2.00 e. The number of rotatable bonds is 0. The molecule has 153 valence electrons. The first-order chi connectivity index (χ1) is 11.4. The summed E-state index contributed by atoms with van der Waals surface area (Å²) < 4.78 is 0. The molecule has 5 radical (unpaired) electrons. The molecule has 0 fully saturated rings. The third-order valence-electron chi connectivity index (χ3n) is 0.940. The Bertz CT molecular complexity index is 273. The fourth-order valence-electron chi connectivity index (χ4n) is 0.417. The minimum atomic E-state index is 0. The molecule has 0 bridgehead atoms. The summed E-state index contributed by atoms with van der Waals surface area (Å²) in [5.41, 5.74) is 0. The third kappa shape index (κ3) is 154. The van der Waals surface area contributed by atoms with Gasteiger partial charge < -0.3 is 0 Å². The maximum atomic E-state index is 2.81. The fourth-order valence-corrected chi connectivity index (χ4v) is 0.417. The summed E-state index contributed by atoms with van der Waals surface area (Å²) in [5, 5.41) is 0. The molecule has 26 heavy (non-hydrogen) atoms. The van der Waals surface area contributed by atoms with Gasteiger partial charge in [0.2, 0.25) is 0 Å². The molecule has 0 amide bonds. The van der Waals surface area contributed by atoms with Crippen LogP contribution in [0.4, 0.5) is 0 Å². The van der Waals surface area contributed by atoms with Gasteiger partial charge in [-0.05, 0) is 0 Å². The van der Waals surface area contributed by atoms with Gasteiger partial charge in [0, 0.05) is 35.2 Å². The van der Waals surface area contributed by atoms with Crippen LogP contribution in [-0.2, 0) is 16.8 Å². The zero-order chi connectivity index (χ0) is 20.7. The van der Waals surface area contributed by atoms with Crippen LogP contribution in [0, 0.1) is 6.08 Å². The van der Waals surface area contributed by atoms with Gasteiger partial charge in [-0.3, -0.25) is 0 Å². The Labute approximate surface area is 184 Å². The van der Waals surface area contributed by atoms with Crippen molar-refractivity contribution in [1.82, 2.24) is 0 Å². The summed E-state index contributed by atoms with van der Waals surface area (Å²) >= 11 is 0. The molecule has 0 N–H and O–H groups in total. The molecule has 0 saturated carbocycles. The van der Waals surface area contributed by atoms with E-state index in [1.807, 2.05) is 48.6 Å². The smallest absolute Gasteiger partial charge is 0.214 e. The van der Waals surface area contributed by atoms with Crippen molar-refractivity contribution in [2.45, 2.75) is 78.6 Å². The average molecular weight is 468 g/mol. The molecular formula is C21H44CoSi4. The Morgan fingerprint density at radius 2 is 0.731 bits per heavy atom. The van der Waals surface area contributed by atoms with E-state index in [1.54, 1.807) is 0 Å². The Hall–Kier alpha value is 0.204. The predicted molar refractivity (Wildman–Crippen MR) is 132 cm³/mol. The average Bonchev–Trinajstić information content (AvgIpc) is 2.79. The van der Waals surface area contributed by atoms with E-state index in [4.69, 9.17) is 0 Å². The Morgan fingerprint density at radius 1 is 0.577 bits per heavy atom. The van der Waals surface area contributed by atoms with Crippen molar-refractivity contribution >= 4 is 35.2 Å². The van der Waals surface area contributed by atoms with E-state index in [2.05, 4.69) is 84.6 Å². The van der Waals surface area contributed by atoms with Gasteiger partial charge in [0.25, 0.3) is 0 Å². The maximum absolute atomic E-state index is 2.81. The Kier molecular flexibility index (Phi) is 46.8. The van der Waals surface area contributed by atoms with Crippen molar-refractivity contribution in [3.8, 4) is 0 Å². The molecule has 5 heteroatoms. The van der Waals surface area contributed by atoms with E-state index >= 15 is 0 Å². The molecule has 0 heterocycles. The van der Waals surface area contributed by atoms with Crippen LogP contribution in [0.1, 0.15) is 0 Å². The van der Waals surface area contributed by atoms with Crippen LogP contribution in [-0.4, -0.2) is 35.2 Å². The summed E-state index contributed by atoms with van der Waals surface area (Å²) in [5.74, 6) is 0. The Morgan fingerprint density at radius 3 is 0.769 bits per heavy atom. The van der Waals surface area contributed by atoms with Crippen LogP contribution in [0.2, 0.25) is 78.6 Å². The monoisotopic (exact) mass is 467 g/mol. The van der Waals surface area contributed by atoms with Gasteiger partial charge in [-0.25, -0.2) is 12.1 Å². The number of allylic oxidation sites excluding steroid dienone is 4. The third-order valence-corrected chi connectivity index (χ3v) is 0.940. The van der Waals surface area contributed by atoms with Gasteiger partial charge in [0.05, 0.1) is 0 Å². The minimum absolute atomic E-state index is 0. The molecule has 1 aliphatic carbocycles. The van der Waals surface area contributed by atoms with E-state index in [9.17, 15) is 0 Å². The quantitative estimate of drug-likeness (QED) is 0.270. The van der Waals surface area contributed by atoms with Gasteiger partial charge in [0.1, 0.15) is 0 Å². The second-order valence-electron chi connectivity index (χ2n) is 7.65. The molecule has 0 spiro atoms. The van der Waals surface area contributed by atoms with Gasteiger partial charge in [-0.15, -0.1) is 0 Å². The van der Waals surface area contributed by atoms with Crippen molar-refractivity contribution in [2.75, 3.05) is 0 Å². The van der Waals surface area contributed by atoms with Gasteiger partial charge in [-0.1, -0.05) is 78.6 Å². The zero-order valence-electron chi connectivity index (χ0n) is 19.5. The first kappa shape index (κ1) is 37.0. The summed E-state index contributed by atoms with van der Waals surface area (Å²) in [7, 11) is 0.481. The second kappa shape index (κ2) is 32.8. The molecule has 0 unspecified atom stereocenters. The van der Waals surface area contributed by atoms with Crippen molar-refractivity contribution in [3.63, 3.8) is 0 Å². The molecule has 1 aliphatic rings. The van der Waals surface area contributed by atoms with Crippen LogP contribution in [0.15, 0.2) is 48.6 Å². The van der Waals surface area contributed by atoms with Crippen LogP contribution in [0.3, 0.4) is 0 Å². The standard InChI is InChI=1S/C5H5.C4H3.4C3H9Si.Co/c1-2-4-5-3-1;1-2-4-3-1;4*1-4(2)3;/h1-5H;1-3H;4*1-3H3;/q2*-1;;;;;+2. The summed E-state index contributed by atoms with van der Waals surface area (Å²) in [6.07, 6.45) is 8.50. The number of hydrogen-bond donors (Lipinski definition) is 0. The largest absolute Gasteiger partial charge is 2.00 e. The molecule has 1 aromatic carbocycles. The molecule has 0 nitrogen and oxygen atoms in total. The van der Waals surface area contributed by atoms with E-state index in [0.717, 1.165) is 0 Å². The van der Waals surface area contributed by atoms with E-state index in [1.165, 1.54) is 0 Å². The predicted octanol–water partition coefficient (Wildman–Crippen LogP) is 7.80. The van der Waals surface area contributed by atoms with Crippen molar-refractivity contribution in [1.29, 1.82) is 0 Å².